The first kappa shape index (κ1) is 33.7. The quantitative estimate of drug-likeness (QED) is 0.154. The van der Waals surface area contributed by atoms with E-state index in [-0.39, 0.29) is 12.1 Å². The Kier molecular flexibility index (Phi) is 8.24. The van der Waals surface area contributed by atoms with Crippen LogP contribution in [0.25, 0.3) is 45.1 Å². The lowest BCUT2D eigenvalue weighted by molar-refractivity contribution is 0.619. The molecule has 0 aliphatic carbocycles. The van der Waals surface area contributed by atoms with Gasteiger partial charge in [-0.05, 0) is 95.1 Å². The zero-order chi connectivity index (χ0) is 38.4. The SMILES string of the molecule is c1ccc(N2N=C(c3ccc(-c4nc5ccccc5o4)cc3)CC2c2ccc(C3CC(c4ccc(-c5nc6ccccc6o5)cc4)=NN3c3ccccc3)cc2)cc1. The van der Waals surface area contributed by atoms with Crippen molar-refractivity contribution in [3.05, 3.63) is 204 Å². The number of oxazole rings is 2. The first-order valence-corrected chi connectivity index (χ1v) is 19.6. The van der Waals surface area contributed by atoms with Crippen LogP contribution in [0, 0.1) is 0 Å². The summed E-state index contributed by atoms with van der Waals surface area (Å²) in [7, 11) is 0. The van der Waals surface area contributed by atoms with E-state index in [4.69, 9.17) is 19.0 Å². The number of fused-ring (bicyclic) bond motifs is 2. The number of benzene rings is 7. The highest BCUT2D eigenvalue weighted by molar-refractivity contribution is 6.04. The Morgan fingerprint density at radius 3 is 1.14 bits per heavy atom. The number of hydrogen-bond donors (Lipinski definition) is 0. The lowest BCUT2D eigenvalue weighted by Crippen LogP contribution is -2.20. The standard InChI is InChI=1S/C50H36N6O2/c1-3-11-39(12-4-1)55-45(31-43(53-55)33-19-27-37(28-20-33)49-51-41-15-7-9-17-47(41)57-49)35-23-25-36(26-24-35)46-32-44(54-56(46)40-13-5-2-6-14-40)34-21-29-38(30-22-34)50-52-42-16-8-10-18-48(42)58-50/h1-30,45-46H,31-32H2. The number of para-hydroxylation sites is 6. The number of rotatable bonds is 8. The Hall–Kier alpha value is -7.58. The van der Waals surface area contributed by atoms with Gasteiger partial charge in [-0.25, -0.2) is 9.97 Å². The molecule has 2 atom stereocenters. The van der Waals surface area contributed by atoms with Gasteiger partial charge in [0.25, 0.3) is 0 Å². The molecule has 2 aromatic heterocycles. The highest BCUT2D eigenvalue weighted by atomic mass is 16.4. The lowest BCUT2D eigenvalue weighted by Gasteiger charge is -2.26. The third-order valence-electron chi connectivity index (χ3n) is 11.1. The molecule has 0 saturated heterocycles. The van der Waals surface area contributed by atoms with Crippen LogP contribution in [0.4, 0.5) is 11.4 Å². The van der Waals surface area contributed by atoms with E-state index < -0.39 is 0 Å². The van der Waals surface area contributed by atoms with Gasteiger partial charge in [-0.15, -0.1) is 0 Å². The van der Waals surface area contributed by atoms with E-state index in [1.807, 2.05) is 60.7 Å². The molecular formula is C50H36N6O2. The fraction of sp³-hybridized carbons (Fsp3) is 0.0800. The second-order valence-electron chi connectivity index (χ2n) is 14.7. The van der Waals surface area contributed by atoms with Crippen molar-refractivity contribution in [1.82, 2.24) is 9.97 Å². The Balaban J connectivity index is 0.861. The lowest BCUT2D eigenvalue weighted by atomic mass is 9.93. The Morgan fingerprint density at radius 2 is 0.741 bits per heavy atom. The maximum absolute atomic E-state index is 6.04. The molecule has 0 N–H and O–H groups in total. The van der Waals surface area contributed by atoms with Gasteiger partial charge >= 0.3 is 0 Å². The van der Waals surface area contributed by atoms with Crippen molar-refractivity contribution < 1.29 is 8.83 Å². The maximum Gasteiger partial charge on any atom is 0.227 e. The van der Waals surface area contributed by atoms with Gasteiger partial charge in [0.15, 0.2) is 11.2 Å². The molecule has 0 saturated carbocycles. The van der Waals surface area contributed by atoms with E-state index in [1.165, 1.54) is 11.1 Å². The number of hydrazone groups is 2. The fourth-order valence-corrected chi connectivity index (χ4v) is 8.07. The number of anilines is 2. The number of nitrogens with zero attached hydrogens (tertiary/aromatic N) is 6. The van der Waals surface area contributed by atoms with Crippen LogP contribution in [0.5, 0.6) is 0 Å². The number of hydrogen-bond acceptors (Lipinski definition) is 8. The van der Waals surface area contributed by atoms with Gasteiger partial charge in [0.1, 0.15) is 11.0 Å². The molecular weight excluding hydrogens is 717 g/mol. The predicted octanol–water partition coefficient (Wildman–Crippen LogP) is 12.0. The highest BCUT2D eigenvalue weighted by Gasteiger charge is 2.33. The monoisotopic (exact) mass is 752 g/mol. The molecule has 0 fully saturated rings. The van der Waals surface area contributed by atoms with Crippen LogP contribution < -0.4 is 10.0 Å². The second kappa shape index (κ2) is 14.2. The normalized spacial score (nSPS) is 16.6. The zero-order valence-corrected chi connectivity index (χ0v) is 31.4. The van der Waals surface area contributed by atoms with E-state index in [9.17, 15) is 0 Å². The van der Waals surface area contributed by atoms with Crippen LogP contribution in [0.3, 0.4) is 0 Å². The molecule has 7 aromatic carbocycles. The minimum atomic E-state index is 0.0311. The topological polar surface area (TPSA) is 83.3 Å². The van der Waals surface area contributed by atoms with Crippen LogP contribution in [-0.4, -0.2) is 21.4 Å². The van der Waals surface area contributed by atoms with Gasteiger partial charge < -0.3 is 8.83 Å². The van der Waals surface area contributed by atoms with E-state index in [2.05, 4.69) is 141 Å². The fourth-order valence-electron chi connectivity index (χ4n) is 8.07. The molecule has 278 valence electrons. The van der Waals surface area contributed by atoms with Crippen molar-refractivity contribution in [2.75, 3.05) is 10.0 Å². The number of aromatic nitrogens is 2. The van der Waals surface area contributed by atoms with E-state index in [0.29, 0.717) is 11.8 Å². The van der Waals surface area contributed by atoms with Crippen molar-refractivity contribution in [3.8, 4) is 22.9 Å². The zero-order valence-electron chi connectivity index (χ0n) is 31.4. The molecule has 8 nitrogen and oxygen atoms in total. The summed E-state index contributed by atoms with van der Waals surface area (Å²) >= 11 is 0. The summed E-state index contributed by atoms with van der Waals surface area (Å²) in [4.78, 5) is 9.38. The van der Waals surface area contributed by atoms with E-state index in [0.717, 1.165) is 80.1 Å². The Morgan fingerprint density at radius 1 is 0.379 bits per heavy atom. The minimum absolute atomic E-state index is 0.0311. The van der Waals surface area contributed by atoms with Crippen molar-refractivity contribution in [1.29, 1.82) is 0 Å². The largest absolute Gasteiger partial charge is 0.436 e. The van der Waals surface area contributed by atoms with Gasteiger partial charge in [-0.2, -0.15) is 10.2 Å². The Bertz CT molecular complexity index is 2680. The summed E-state index contributed by atoms with van der Waals surface area (Å²) in [6.45, 7) is 0. The maximum atomic E-state index is 6.04. The third kappa shape index (κ3) is 6.21. The molecule has 0 spiro atoms. The molecule has 2 aliphatic rings. The first-order chi connectivity index (χ1) is 28.7. The third-order valence-corrected chi connectivity index (χ3v) is 11.1. The predicted molar refractivity (Wildman–Crippen MR) is 231 cm³/mol. The van der Waals surface area contributed by atoms with Crippen molar-refractivity contribution in [2.24, 2.45) is 10.2 Å². The molecule has 9 aromatic rings. The van der Waals surface area contributed by atoms with Crippen molar-refractivity contribution >= 4 is 45.0 Å². The molecule has 0 radical (unpaired) electrons. The van der Waals surface area contributed by atoms with Crippen LogP contribution in [0.1, 0.15) is 47.2 Å². The molecule has 0 bridgehead atoms. The summed E-state index contributed by atoms with van der Waals surface area (Å²) < 4.78 is 12.1. The van der Waals surface area contributed by atoms with E-state index >= 15 is 0 Å². The molecule has 11 rings (SSSR count). The smallest absolute Gasteiger partial charge is 0.227 e. The summed E-state index contributed by atoms with van der Waals surface area (Å²) in [5.74, 6) is 1.23. The summed E-state index contributed by atoms with van der Waals surface area (Å²) in [5, 5.41) is 14.8. The van der Waals surface area contributed by atoms with Crippen molar-refractivity contribution in [2.45, 2.75) is 24.9 Å². The van der Waals surface area contributed by atoms with Crippen LogP contribution in [0.2, 0.25) is 0 Å². The molecule has 58 heavy (non-hydrogen) atoms. The first-order valence-electron chi connectivity index (χ1n) is 19.6. The average Bonchev–Trinajstić information content (AvgIpc) is 4.12. The Labute approximate surface area is 335 Å². The molecule has 8 heteroatoms. The molecule has 4 heterocycles. The van der Waals surface area contributed by atoms with Gasteiger partial charge in [-0.3, -0.25) is 10.0 Å². The van der Waals surface area contributed by atoms with Gasteiger partial charge in [0.05, 0.1) is 34.9 Å². The molecule has 0 amide bonds. The van der Waals surface area contributed by atoms with Gasteiger partial charge in [-0.1, -0.05) is 109 Å². The van der Waals surface area contributed by atoms with E-state index in [1.54, 1.807) is 0 Å². The van der Waals surface area contributed by atoms with Gasteiger partial charge in [0.2, 0.25) is 11.8 Å². The summed E-state index contributed by atoms with van der Waals surface area (Å²) in [5.41, 5.74) is 13.9. The van der Waals surface area contributed by atoms with Crippen LogP contribution >= 0.6 is 0 Å². The van der Waals surface area contributed by atoms with Crippen molar-refractivity contribution in [3.63, 3.8) is 0 Å². The van der Waals surface area contributed by atoms with Crippen LogP contribution in [-0.2, 0) is 0 Å². The summed E-state index contributed by atoms with van der Waals surface area (Å²) in [6.07, 6.45) is 1.53. The second-order valence-corrected chi connectivity index (χ2v) is 14.7. The highest BCUT2D eigenvalue weighted by Crippen LogP contribution is 2.40. The minimum Gasteiger partial charge on any atom is -0.436 e. The van der Waals surface area contributed by atoms with Gasteiger partial charge in [0, 0.05) is 24.0 Å². The summed E-state index contributed by atoms with van der Waals surface area (Å²) in [6, 6.07) is 62.4. The molecule has 2 aliphatic heterocycles. The average molecular weight is 753 g/mol. The molecule has 2 unspecified atom stereocenters. The van der Waals surface area contributed by atoms with Crippen LogP contribution in [0.15, 0.2) is 201 Å².